The summed E-state index contributed by atoms with van der Waals surface area (Å²) in [5.41, 5.74) is 3.24. The van der Waals surface area contributed by atoms with Crippen LogP contribution in [-0.2, 0) is 14.4 Å². The second-order valence-corrected chi connectivity index (χ2v) is 2.93. The van der Waals surface area contributed by atoms with Gasteiger partial charge in [-0.2, -0.15) is 0 Å². The maximum atomic E-state index is 10.6. The summed E-state index contributed by atoms with van der Waals surface area (Å²) in [5.74, 6) is -4.10. The lowest BCUT2D eigenvalue weighted by atomic mass is 9.91. The number of carboxylic acids is 3. The predicted molar refractivity (Wildman–Crippen MR) is 43.7 cm³/mol. The average Bonchev–Trinajstić information content (AvgIpc) is 1.99. The van der Waals surface area contributed by atoms with Gasteiger partial charge in [0.2, 0.25) is 0 Å². The Bertz CT molecular complexity index is 263. The highest BCUT2D eigenvalue weighted by atomic mass is 16.4. The number of nitrogens with two attached hydrogens (primary N) is 1. The van der Waals surface area contributed by atoms with E-state index in [1.807, 2.05) is 0 Å². The first-order valence-corrected chi connectivity index (χ1v) is 3.74. The lowest BCUT2D eigenvalue weighted by molar-refractivity contribution is -0.151. The molecule has 0 fully saturated rings. The number of hydrogen-bond acceptors (Lipinski definition) is 4. The Hall–Kier alpha value is -1.63. The van der Waals surface area contributed by atoms with Gasteiger partial charge in [0.15, 0.2) is 0 Å². The molecule has 7 nitrogen and oxygen atoms in total. The summed E-state index contributed by atoms with van der Waals surface area (Å²) in [5, 5.41) is 25.3. The summed E-state index contributed by atoms with van der Waals surface area (Å²) in [4.78, 5) is 31.0. The monoisotopic (exact) mass is 205 g/mol. The van der Waals surface area contributed by atoms with Gasteiger partial charge in [-0.3, -0.25) is 14.4 Å². The minimum atomic E-state index is -2.01. The third-order valence-electron chi connectivity index (χ3n) is 1.68. The number of hydrogen-bond donors (Lipinski definition) is 4. The zero-order chi connectivity index (χ0) is 11.4. The van der Waals surface area contributed by atoms with Crippen LogP contribution in [-0.4, -0.2) is 38.8 Å². The molecule has 0 aromatic carbocycles. The predicted octanol–water partition coefficient (Wildman–Crippen LogP) is -0.892. The van der Waals surface area contributed by atoms with Crippen LogP contribution in [0.4, 0.5) is 0 Å². The van der Waals surface area contributed by atoms with Crippen LogP contribution >= 0.6 is 0 Å². The van der Waals surface area contributed by atoms with Crippen LogP contribution in [0.25, 0.3) is 0 Å². The maximum Gasteiger partial charge on any atom is 0.324 e. The largest absolute Gasteiger partial charge is 0.481 e. The second kappa shape index (κ2) is 4.56. The van der Waals surface area contributed by atoms with Gasteiger partial charge in [-0.25, -0.2) is 0 Å². The summed E-state index contributed by atoms with van der Waals surface area (Å²) >= 11 is 0. The molecular weight excluding hydrogens is 194 g/mol. The third kappa shape index (κ3) is 3.85. The van der Waals surface area contributed by atoms with Gasteiger partial charge in [0.1, 0.15) is 5.54 Å². The molecule has 0 heterocycles. The average molecular weight is 205 g/mol. The van der Waals surface area contributed by atoms with E-state index in [1.54, 1.807) is 0 Å². The van der Waals surface area contributed by atoms with Gasteiger partial charge in [0, 0.05) is 6.42 Å². The van der Waals surface area contributed by atoms with Gasteiger partial charge in [-0.1, -0.05) is 0 Å². The van der Waals surface area contributed by atoms with Crippen molar-refractivity contribution in [3.63, 3.8) is 0 Å². The summed E-state index contributed by atoms with van der Waals surface area (Å²) in [7, 11) is 0. The normalized spacial score (nSPS) is 14.4. The Balaban J connectivity index is 4.47. The molecule has 0 saturated carbocycles. The number of rotatable bonds is 6. The highest BCUT2D eigenvalue weighted by Crippen LogP contribution is 2.14. The highest BCUT2D eigenvalue weighted by Gasteiger charge is 2.36. The quantitative estimate of drug-likeness (QED) is 0.441. The molecule has 0 spiro atoms. The fourth-order valence-corrected chi connectivity index (χ4v) is 0.871. The van der Waals surface area contributed by atoms with Crippen LogP contribution in [0.3, 0.4) is 0 Å². The molecule has 0 aliphatic heterocycles. The first-order chi connectivity index (χ1) is 6.28. The molecule has 0 unspecified atom stereocenters. The highest BCUT2D eigenvalue weighted by molar-refractivity contribution is 5.85. The van der Waals surface area contributed by atoms with E-state index in [0.717, 1.165) is 0 Å². The summed E-state index contributed by atoms with van der Waals surface area (Å²) in [6, 6.07) is 0. The molecule has 80 valence electrons. The van der Waals surface area contributed by atoms with Crippen molar-refractivity contribution in [1.82, 2.24) is 0 Å². The van der Waals surface area contributed by atoms with Gasteiger partial charge in [0.25, 0.3) is 0 Å². The van der Waals surface area contributed by atoms with Crippen LogP contribution in [0, 0.1) is 0 Å². The summed E-state index contributed by atoms with van der Waals surface area (Å²) in [6.45, 7) is 0. The van der Waals surface area contributed by atoms with Gasteiger partial charge >= 0.3 is 17.9 Å². The first kappa shape index (κ1) is 12.4. The molecule has 0 bridgehead atoms. The molecule has 0 aliphatic carbocycles. The molecule has 0 rings (SSSR count). The van der Waals surface area contributed by atoms with Crippen molar-refractivity contribution in [3.8, 4) is 0 Å². The van der Waals surface area contributed by atoms with E-state index in [0.29, 0.717) is 0 Å². The lowest BCUT2D eigenvalue weighted by Crippen LogP contribution is -2.49. The fraction of sp³-hybridized carbons (Fsp3) is 0.571. The van der Waals surface area contributed by atoms with E-state index in [2.05, 4.69) is 0 Å². The fourth-order valence-electron chi connectivity index (χ4n) is 0.871. The van der Waals surface area contributed by atoms with Crippen molar-refractivity contribution in [2.24, 2.45) is 5.73 Å². The first-order valence-electron chi connectivity index (χ1n) is 3.74. The Morgan fingerprint density at radius 2 is 1.57 bits per heavy atom. The van der Waals surface area contributed by atoms with Gasteiger partial charge in [-0.15, -0.1) is 0 Å². The second-order valence-electron chi connectivity index (χ2n) is 2.93. The van der Waals surface area contributed by atoms with Crippen molar-refractivity contribution in [2.75, 3.05) is 0 Å². The number of carboxylic acid groups (broad SMARTS) is 3. The molecule has 0 aliphatic rings. The van der Waals surface area contributed by atoms with Crippen LogP contribution in [0.15, 0.2) is 0 Å². The molecule has 0 aromatic heterocycles. The van der Waals surface area contributed by atoms with E-state index in [4.69, 9.17) is 21.1 Å². The Morgan fingerprint density at radius 3 is 1.86 bits per heavy atom. The van der Waals surface area contributed by atoms with E-state index >= 15 is 0 Å². The molecule has 14 heavy (non-hydrogen) atoms. The summed E-state index contributed by atoms with van der Waals surface area (Å²) in [6.07, 6.45) is -1.68. The van der Waals surface area contributed by atoms with Crippen molar-refractivity contribution < 1.29 is 29.7 Å². The Kier molecular flexibility index (Phi) is 4.03. The number of aliphatic carboxylic acids is 3. The lowest BCUT2D eigenvalue weighted by Gasteiger charge is -2.21. The molecule has 0 saturated heterocycles. The van der Waals surface area contributed by atoms with Crippen LogP contribution in [0.1, 0.15) is 19.3 Å². The zero-order valence-corrected chi connectivity index (χ0v) is 7.27. The molecule has 7 heteroatoms. The van der Waals surface area contributed by atoms with Crippen molar-refractivity contribution in [2.45, 2.75) is 24.8 Å². The van der Waals surface area contributed by atoms with Crippen molar-refractivity contribution in [3.05, 3.63) is 0 Å². The smallest absolute Gasteiger partial charge is 0.324 e. The molecular formula is C7H11NO6. The minimum absolute atomic E-state index is 0.413. The van der Waals surface area contributed by atoms with Crippen LogP contribution < -0.4 is 5.73 Å². The molecule has 0 radical (unpaired) electrons. The number of carbonyl (C=O) groups is 3. The van der Waals surface area contributed by atoms with E-state index in [1.165, 1.54) is 0 Å². The van der Waals surface area contributed by atoms with Crippen molar-refractivity contribution >= 4 is 17.9 Å². The minimum Gasteiger partial charge on any atom is -0.481 e. The molecule has 0 aromatic rings. The van der Waals surface area contributed by atoms with E-state index in [9.17, 15) is 14.4 Å². The molecule has 5 N–H and O–H groups in total. The van der Waals surface area contributed by atoms with E-state index < -0.39 is 42.7 Å². The molecule has 1 atom stereocenters. The maximum absolute atomic E-state index is 10.6. The van der Waals surface area contributed by atoms with Gasteiger partial charge < -0.3 is 21.1 Å². The standard InChI is InChI=1S/C7H11NO6/c8-7(6(13)14,3-5(11)12)2-1-4(9)10/h1-3,8H2,(H,9,10)(H,11,12)(H,13,14)/t7-/m0/s1. The Labute approximate surface area is 79.1 Å². The van der Waals surface area contributed by atoms with Gasteiger partial charge in [-0.05, 0) is 6.42 Å². The topological polar surface area (TPSA) is 138 Å². The van der Waals surface area contributed by atoms with Crippen molar-refractivity contribution in [1.29, 1.82) is 0 Å². The zero-order valence-electron chi connectivity index (χ0n) is 7.27. The Morgan fingerprint density at radius 1 is 1.07 bits per heavy atom. The SMILES string of the molecule is N[C@@](CCC(=O)O)(CC(=O)O)C(=O)O. The van der Waals surface area contributed by atoms with Gasteiger partial charge in [0.05, 0.1) is 6.42 Å². The molecule has 0 amide bonds. The third-order valence-corrected chi connectivity index (χ3v) is 1.68. The van der Waals surface area contributed by atoms with Crippen LogP contribution in [0.5, 0.6) is 0 Å². The van der Waals surface area contributed by atoms with Crippen LogP contribution in [0.2, 0.25) is 0 Å². The van der Waals surface area contributed by atoms with E-state index in [-0.39, 0.29) is 0 Å². The summed E-state index contributed by atoms with van der Waals surface area (Å²) < 4.78 is 0.